The fourth-order valence-electron chi connectivity index (χ4n) is 2.45. The summed E-state index contributed by atoms with van der Waals surface area (Å²) in [7, 11) is 0. The van der Waals surface area contributed by atoms with E-state index < -0.39 is 17.5 Å². The molecule has 1 aromatic rings. The van der Waals surface area contributed by atoms with E-state index in [1.807, 2.05) is 18.2 Å². The van der Waals surface area contributed by atoms with Crippen molar-refractivity contribution in [2.24, 2.45) is 5.92 Å². The molecule has 0 saturated carbocycles. The van der Waals surface area contributed by atoms with Crippen LogP contribution in [0.3, 0.4) is 0 Å². The van der Waals surface area contributed by atoms with Gasteiger partial charge in [-0.2, -0.15) is 0 Å². The number of Topliss-reactive ketones (excluding diaryl/α,β-unsaturated/α-hetero) is 1. The third kappa shape index (κ3) is 2.11. The lowest BCUT2D eigenvalue weighted by Crippen LogP contribution is -2.50. The molecule has 0 aromatic heterocycles. The zero-order valence-corrected chi connectivity index (χ0v) is 11.9. The predicted octanol–water partition coefficient (Wildman–Crippen LogP) is 2.58. The highest BCUT2D eigenvalue weighted by Gasteiger charge is 2.53. The first-order chi connectivity index (χ1) is 9.54. The Hall–Kier alpha value is -2.10. The minimum atomic E-state index is -1.39. The average molecular weight is 274 g/mol. The molecule has 0 bridgehead atoms. The van der Waals surface area contributed by atoms with Crippen LogP contribution in [-0.4, -0.2) is 18.4 Å². The van der Waals surface area contributed by atoms with Crippen LogP contribution in [0.5, 0.6) is 0 Å². The van der Waals surface area contributed by atoms with Crippen LogP contribution in [0.4, 0.5) is 0 Å². The van der Waals surface area contributed by atoms with E-state index in [-0.39, 0.29) is 12.4 Å². The number of hydrogen-bond acceptors (Lipinski definition) is 4. The molecule has 4 nitrogen and oxygen atoms in total. The van der Waals surface area contributed by atoms with Crippen molar-refractivity contribution in [2.75, 3.05) is 6.61 Å². The van der Waals surface area contributed by atoms with E-state index in [0.29, 0.717) is 11.1 Å². The maximum absolute atomic E-state index is 12.5. The summed E-state index contributed by atoms with van der Waals surface area (Å²) in [5.74, 6) is -1.27. The zero-order chi connectivity index (χ0) is 14.8. The average Bonchev–Trinajstić information content (AvgIpc) is 2.46. The molecule has 4 heteroatoms. The van der Waals surface area contributed by atoms with E-state index in [4.69, 9.17) is 9.47 Å². The number of esters is 1. The second kappa shape index (κ2) is 5.49. The molecule has 0 saturated heterocycles. The number of carbonyl (C=O) groups is 2. The molecular weight excluding hydrogens is 256 g/mol. The van der Waals surface area contributed by atoms with E-state index in [1.165, 1.54) is 6.26 Å². The van der Waals surface area contributed by atoms with Crippen molar-refractivity contribution in [2.45, 2.75) is 26.4 Å². The molecule has 0 N–H and O–H groups in total. The Labute approximate surface area is 118 Å². The summed E-state index contributed by atoms with van der Waals surface area (Å²) in [6, 6.07) is 9.01. The van der Waals surface area contributed by atoms with Gasteiger partial charge in [0.2, 0.25) is 5.60 Å². The summed E-state index contributed by atoms with van der Waals surface area (Å²) < 4.78 is 10.9. The molecule has 2 rings (SSSR count). The molecule has 106 valence electrons. The van der Waals surface area contributed by atoms with Gasteiger partial charge in [0.25, 0.3) is 0 Å². The van der Waals surface area contributed by atoms with E-state index in [1.54, 1.807) is 32.9 Å². The first kappa shape index (κ1) is 14.3. The molecule has 0 unspecified atom stereocenters. The number of ether oxygens (including phenoxy) is 2. The first-order valence-corrected chi connectivity index (χ1v) is 6.65. The van der Waals surface area contributed by atoms with E-state index in [2.05, 4.69) is 0 Å². The molecule has 1 aliphatic heterocycles. The molecule has 1 heterocycles. The lowest BCUT2D eigenvalue weighted by molar-refractivity contribution is -0.177. The van der Waals surface area contributed by atoms with Crippen LogP contribution < -0.4 is 0 Å². The molecule has 0 spiro atoms. The number of allylic oxidation sites excluding steroid dienone is 1. The number of rotatable bonds is 3. The van der Waals surface area contributed by atoms with E-state index >= 15 is 0 Å². The highest BCUT2D eigenvalue weighted by atomic mass is 16.6. The summed E-state index contributed by atoms with van der Waals surface area (Å²) in [6.07, 6.45) is 1.35. The predicted molar refractivity (Wildman–Crippen MR) is 73.8 cm³/mol. The first-order valence-electron chi connectivity index (χ1n) is 6.65. The summed E-state index contributed by atoms with van der Waals surface area (Å²) >= 11 is 0. The van der Waals surface area contributed by atoms with Crippen LogP contribution in [-0.2, 0) is 24.7 Å². The third-order valence-electron chi connectivity index (χ3n) is 3.59. The van der Waals surface area contributed by atoms with Gasteiger partial charge >= 0.3 is 5.97 Å². The fraction of sp³-hybridized carbons (Fsp3) is 0.375. The Bertz CT molecular complexity index is 547. The third-order valence-corrected chi connectivity index (χ3v) is 3.59. The van der Waals surface area contributed by atoms with Gasteiger partial charge in [0, 0.05) is 11.1 Å². The van der Waals surface area contributed by atoms with Crippen LogP contribution in [0.1, 0.15) is 26.3 Å². The Balaban J connectivity index is 2.57. The molecule has 0 radical (unpaired) electrons. The number of carbonyl (C=O) groups excluding carboxylic acids is 2. The van der Waals surface area contributed by atoms with Gasteiger partial charge in [-0.25, -0.2) is 4.79 Å². The van der Waals surface area contributed by atoms with E-state index in [9.17, 15) is 9.59 Å². The van der Waals surface area contributed by atoms with Gasteiger partial charge < -0.3 is 9.47 Å². The minimum Gasteiger partial charge on any atom is -0.477 e. The minimum absolute atomic E-state index is 0.104. The lowest BCUT2D eigenvalue weighted by Gasteiger charge is -2.38. The molecule has 0 aliphatic carbocycles. The van der Waals surface area contributed by atoms with Gasteiger partial charge in [0.05, 0.1) is 18.8 Å². The van der Waals surface area contributed by atoms with Gasteiger partial charge in [0.1, 0.15) is 0 Å². The second-order valence-corrected chi connectivity index (χ2v) is 4.83. The van der Waals surface area contributed by atoms with Crippen molar-refractivity contribution < 1.29 is 19.1 Å². The second-order valence-electron chi connectivity index (χ2n) is 4.83. The maximum Gasteiger partial charge on any atom is 0.356 e. The summed E-state index contributed by atoms with van der Waals surface area (Å²) in [5, 5.41) is 0. The van der Waals surface area contributed by atoms with Crippen molar-refractivity contribution in [3.63, 3.8) is 0 Å². The fourth-order valence-corrected chi connectivity index (χ4v) is 2.45. The van der Waals surface area contributed by atoms with Gasteiger partial charge in [0.15, 0.2) is 5.78 Å². The smallest absolute Gasteiger partial charge is 0.356 e. The summed E-state index contributed by atoms with van der Waals surface area (Å²) in [5.41, 5.74) is -0.259. The monoisotopic (exact) mass is 274 g/mol. The maximum atomic E-state index is 12.5. The van der Waals surface area contributed by atoms with Crippen LogP contribution in [0.25, 0.3) is 0 Å². The lowest BCUT2D eigenvalue weighted by atomic mass is 9.77. The van der Waals surface area contributed by atoms with Crippen molar-refractivity contribution in [1.29, 1.82) is 0 Å². The number of benzene rings is 1. The van der Waals surface area contributed by atoms with Crippen LogP contribution in [0.15, 0.2) is 42.2 Å². The molecule has 20 heavy (non-hydrogen) atoms. The Morgan fingerprint density at radius 1 is 1.35 bits per heavy atom. The van der Waals surface area contributed by atoms with Gasteiger partial charge in [-0.05, 0) is 13.8 Å². The Morgan fingerprint density at radius 2 is 2.00 bits per heavy atom. The topological polar surface area (TPSA) is 52.6 Å². The Morgan fingerprint density at radius 3 is 2.60 bits per heavy atom. The number of ketones is 1. The normalized spacial score (nSPS) is 25.6. The van der Waals surface area contributed by atoms with Gasteiger partial charge in [-0.15, -0.1) is 0 Å². The molecule has 0 amide bonds. The Kier molecular flexibility index (Phi) is 3.93. The quantitative estimate of drug-likeness (QED) is 0.795. The van der Waals surface area contributed by atoms with E-state index in [0.717, 1.165) is 0 Å². The van der Waals surface area contributed by atoms with Crippen LogP contribution in [0, 0.1) is 5.92 Å². The number of hydrogen-bond donors (Lipinski definition) is 0. The van der Waals surface area contributed by atoms with Crippen molar-refractivity contribution in [3.05, 3.63) is 47.7 Å². The standard InChI is InChI=1S/C16H18O4/c1-4-19-15(18)16(13-8-6-5-7-9-13)12(3)14(17)11(2)10-20-16/h5-10,12H,4H2,1-3H3/t12-,16-/m1/s1. The van der Waals surface area contributed by atoms with Crippen molar-refractivity contribution in [1.82, 2.24) is 0 Å². The van der Waals surface area contributed by atoms with Gasteiger partial charge in [-0.3, -0.25) is 4.79 Å². The highest BCUT2D eigenvalue weighted by Crippen LogP contribution is 2.40. The largest absolute Gasteiger partial charge is 0.477 e. The van der Waals surface area contributed by atoms with Crippen LogP contribution in [0.2, 0.25) is 0 Å². The highest BCUT2D eigenvalue weighted by molar-refractivity contribution is 6.02. The van der Waals surface area contributed by atoms with Gasteiger partial charge in [-0.1, -0.05) is 37.3 Å². The van der Waals surface area contributed by atoms with Crippen LogP contribution >= 0.6 is 0 Å². The molecule has 2 atom stereocenters. The molecule has 0 fully saturated rings. The summed E-state index contributed by atoms with van der Waals surface area (Å²) in [6.45, 7) is 5.34. The SMILES string of the molecule is CCOC(=O)[C@@]1(c2ccccc2)OC=C(C)C(=O)[C@H]1C. The molecular formula is C16H18O4. The van der Waals surface area contributed by atoms with Crippen molar-refractivity contribution >= 4 is 11.8 Å². The van der Waals surface area contributed by atoms with Crippen molar-refractivity contribution in [3.8, 4) is 0 Å². The summed E-state index contributed by atoms with van der Waals surface area (Å²) in [4.78, 5) is 24.7. The molecule has 1 aliphatic rings. The molecule has 1 aromatic carbocycles. The zero-order valence-electron chi connectivity index (χ0n) is 11.9.